The van der Waals surface area contributed by atoms with Gasteiger partial charge in [0.15, 0.2) is 0 Å². The molecule has 0 aromatic carbocycles. The third-order valence-corrected chi connectivity index (χ3v) is 2.38. The minimum Gasteiger partial charge on any atom is -0.469 e. The molecule has 100 valence electrons. The fourth-order valence-corrected chi connectivity index (χ4v) is 1.43. The van der Waals surface area contributed by atoms with Crippen LogP contribution in [0.3, 0.4) is 0 Å². The number of nitrogens with zero attached hydrogens (tertiary/aromatic N) is 4. The molecule has 2 rings (SSSR count). The summed E-state index contributed by atoms with van der Waals surface area (Å²) in [4.78, 5) is 40.5. The molecule has 1 N–H and O–H groups in total. The summed E-state index contributed by atoms with van der Waals surface area (Å²) in [6.45, 7) is -0.0901. The van der Waals surface area contributed by atoms with E-state index in [1.165, 1.54) is 24.2 Å². The number of carbonyl (C=O) groups excluding carboxylic acids is 1. The maximum absolute atomic E-state index is 11.7. The molecule has 0 saturated carbocycles. The maximum atomic E-state index is 11.7. The molecule has 0 spiro atoms. The summed E-state index contributed by atoms with van der Waals surface area (Å²) in [5.41, 5.74) is -1.41. The molecule has 0 fully saturated rings. The van der Waals surface area contributed by atoms with Gasteiger partial charge in [0.2, 0.25) is 5.95 Å². The topological polar surface area (TPSA) is 112 Å². The molecule has 0 radical (unpaired) electrons. The van der Waals surface area contributed by atoms with Crippen LogP contribution in [0.15, 0.2) is 28.0 Å². The number of ether oxygens (including phenoxy) is 1. The molecule has 0 aliphatic rings. The third kappa shape index (κ3) is 2.76. The fraction of sp³-hybridized carbons (Fsp3) is 0.300. The monoisotopic (exact) mass is 265 g/mol. The van der Waals surface area contributed by atoms with Gasteiger partial charge in [-0.05, 0) is 6.07 Å². The zero-order chi connectivity index (χ0) is 13.8. The van der Waals surface area contributed by atoms with Crippen LogP contribution in [0.4, 0.5) is 0 Å². The summed E-state index contributed by atoms with van der Waals surface area (Å²) in [6, 6.07) is 1.63. The summed E-state index contributed by atoms with van der Waals surface area (Å²) < 4.78 is 6.51. The lowest BCUT2D eigenvalue weighted by molar-refractivity contribution is -0.140. The molecule has 0 aliphatic carbocycles. The van der Waals surface area contributed by atoms with E-state index in [-0.39, 0.29) is 18.9 Å². The Morgan fingerprint density at radius 2 is 2.26 bits per heavy atom. The van der Waals surface area contributed by atoms with Crippen LogP contribution in [0, 0.1) is 0 Å². The number of H-pyrrole nitrogens is 1. The lowest BCUT2D eigenvalue weighted by Crippen LogP contribution is -2.38. The zero-order valence-corrected chi connectivity index (χ0v) is 10.1. The molecule has 9 heteroatoms. The minimum atomic E-state index is -0.752. The second-order valence-electron chi connectivity index (χ2n) is 3.58. The summed E-state index contributed by atoms with van der Waals surface area (Å²) in [5, 5.41) is 3.85. The Morgan fingerprint density at radius 1 is 1.47 bits per heavy atom. The number of rotatable bonds is 4. The summed E-state index contributed by atoms with van der Waals surface area (Å²) >= 11 is 0. The molecule has 0 atom stereocenters. The highest BCUT2D eigenvalue weighted by Gasteiger charge is 2.09. The van der Waals surface area contributed by atoms with Crippen molar-refractivity contribution >= 4 is 5.97 Å². The van der Waals surface area contributed by atoms with Crippen molar-refractivity contribution in [1.82, 2.24) is 24.3 Å². The van der Waals surface area contributed by atoms with E-state index < -0.39 is 17.3 Å². The third-order valence-electron chi connectivity index (χ3n) is 2.38. The van der Waals surface area contributed by atoms with Gasteiger partial charge in [-0.25, -0.2) is 18.8 Å². The first-order valence-electron chi connectivity index (χ1n) is 5.40. The Morgan fingerprint density at radius 3 is 2.84 bits per heavy atom. The first-order chi connectivity index (χ1) is 9.11. The molecule has 0 aliphatic heterocycles. The van der Waals surface area contributed by atoms with Crippen LogP contribution in [0.1, 0.15) is 6.42 Å². The van der Waals surface area contributed by atoms with E-state index in [1.807, 2.05) is 0 Å². The van der Waals surface area contributed by atoms with E-state index in [2.05, 4.69) is 19.8 Å². The van der Waals surface area contributed by atoms with Gasteiger partial charge >= 0.3 is 17.3 Å². The highest BCUT2D eigenvalue weighted by atomic mass is 16.5. The smallest absolute Gasteiger partial charge is 0.355 e. The van der Waals surface area contributed by atoms with Gasteiger partial charge in [-0.1, -0.05) is 0 Å². The molecular weight excluding hydrogens is 254 g/mol. The molecule has 2 aromatic rings. The predicted octanol–water partition coefficient (Wildman–Crippen LogP) is -1.32. The molecule has 19 heavy (non-hydrogen) atoms. The van der Waals surface area contributed by atoms with Gasteiger partial charge in [0.05, 0.1) is 13.5 Å². The molecule has 9 nitrogen and oxygen atoms in total. The van der Waals surface area contributed by atoms with Crippen LogP contribution < -0.4 is 11.4 Å². The Hall–Kier alpha value is -2.71. The highest BCUT2D eigenvalue weighted by Crippen LogP contribution is 1.92. The average molecular weight is 265 g/mol. The van der Waals surface area contributed by atoms with Gasteiger partial charge in [0.25, 0.3) is 0 Å². The van der Waals surface area contributed by atoms with Crippen LogP contribution in [0.2, 0.25) is 0 Å². The van der Waals surface area contributed by atoms with Crippen molar-refractivity contribution in [2.75, 3.05) is 7.11 Å². The number of esters is 1. The Bertz CT molecular complexity index is 653. The standard InChI is InChI=1S/C10H11N5O4/c1-19-7(16)3-6-14-9(17)12-8(13-10(14)18)15-5-2-4-11-15/h2,4-5H,3,6H2,1H3,(H,12,13,17,18). The van der Waals surface area contributed by atoms with Crippen LogP contribution in [-0.4, -0.2) is 37.4 Å². The van der Waals surface area contributed by atoms with Gasteiger partial charge in [0, 0.05) is 18.9 Å². The van der Waals surface area contributed by atoms with E-state index in [9.17, 15) is 14.4 Å². The number of aromatic amines is 1. The molecule has 0 saturated heterocycles. The summed E-state index contributed by atoms with van der Waals surface area (Å²) in [5.74, 6) is -0.489. The molecule has 0 unspecified atom stereocenters. The van der Waals surface area contributed by atoms with Gasteiger partial charge in [-0.15, -0.1) is 0 Å². The number of carbonyl (C=O) groups is 1. The van der Waals surface area contributed by atoms with E-state index in [0.29, 0.717) is 0 Å². The summed E-state index contributed by atoms with van der Waals surface area (Å²) in [6.07, 6.45) is 2.95. The summed E-state index contributed by atoms with van der Waals surface area (Å²) in [7, 11) is 1.23. The lowest BCUT2D eigenvalue weighted by Gasteiger charge is -2.04. The van der Waals surface area contributed by atoms with Crippen LogP contribution in [0.5, 0.6) is 0 Å². The maximum Gasteiger partial charge on any atom is 0.355 e. The largest absolute Gasteiger partial charge is 0.469 e. The van der Waals surface area contributed by atoms with Crippen molar-refractivity contribution in [2.45, 2.75) is 13.0 Å². The first-order valence-corrected chi connectivity index (χ1v) is 5.40. The van der Waals surface area contributed by atoms with Crippen molar-refractivity contribution in [3.05, 3.63) is 39.4 Å². The molecule has 0 bridgehead atoms. The fourth-order valence-electron chi connectivity index (χ4n) is 1.43. The molecule has 2 aromatic heterocycles. The van der Waals surface area contributed by atoms with Crippen molar-refractivity contribution in [2.24, 2.45) is 0 Å². The predicted molar refractivity (Wildman–Crippen MR) is 62.9 cm³/mol. The van der Waals surface area contributed by atoms with Crippen molar-refractivity contribution < 1.29 is 9.53 Å². The lowest BCUT2D eigenvalue weighted by atomic mass is 10.4. The number of aromatic nitrogens is 5. The zero-order valence-electron chi connectivity index (χ0n) is 10.1. The molecular formula is C10H11N5O4. The minimum absolute atomic E-state index is 0.0225. The second kappa shape index (κ2) is 5.29. The van der Waals surface area contributed by atoms with E-state index in [0.717, 1.165) is 4.57 Å². The number of hydrogen-bond donors (Lipinski definition) is 1. The van der Waals surface area contributed by atoms with Gasteiger partial charge in [-0.2, -0.15) is 10.1 Å². The van der Waals surface area contributed by atoms with Crippen molar-refractivity contribution in [3.63, 3.8) is 0 Å². The van der Waals surface area contributed by atoms with E-state index >= 15 is 0 Å². The molecule has 0 amide bonds. The Labute approximate surface area is 106 Å². The van der Waals surface area contributed by atoms with Gasteiger partial charge in [0.1, 0.15) is 0 Å². The van der Waals surface area contributed by atoms with Crippen LogP contribution >= 0.6 is 0 Å². The van der Waals surface area contributed by atoms with E-state index in [1.54, 1.807) is 6.07 Å². The highest BCUT2D eigenvalue weighted by molar-refractivity contribution is 5.68. The number of hydrogen-bond acceptors (Lipinski definition) is 6. The van der Waals surface area contributed by atoms with Crippen molar-refractivity contribution in [3.8, 4) is 5.95 Å². The van der Waals surface area contributed by atoms with Crippen LogP contribution in [-0.2, 0) is 16.1 Å². The second-order valence-corrected chi connectivity index (χ2v) is 3.58. The van der Waals surface area contributed by atoms with Crippen molar-refractivity contribution in [1.29, 1.82) is 0 Å². The average Bonchev–Trinajstić information content (AvgIpc) is 2.91. The van der Waals surface area contributed by atoms with Crippen LogP contribution in [0.25, 0.3) is 5.95 Å². The van der Waals surface area contributed by atoms with Gasteiger partial charge < -0.3 is 4.74 Å². The van der Waals surface area contributed by atoms with E-state index in [4.69, 9.17) is 0 Å². The Kier molecular flexibility index (Phi) is 3.55. The number of methoxy groups -OCH3 is 1. The first kappa shape index (κ1) is 12.7. The van der Waals surface area contributed by atoms with Gasteiger partial charge in [-0.3, -0.25) is 9.78 Å². The quantitative estimate of drug-likeness (QED) is 0.686. The normalized spacial score (nSPS) is 10.4. The Balaban J connectivity index is 2.31. The SMILES string of the molecule is COC(=O)CCn1c(=O)nc(-n2cccn2)[nH]c1=O. The number of nitrogens with one attached hydrogen (secondary N) is 1. The molecule has 2 heterocycles.